The second-order valence-corrected chi connectivity index (χ2v) is 6.22. The van der Waals surface area contributed by atoms with Gasteiger partial charge in [-0.15, -0.1) is 0 Å². The average molecular weight is 326 g/mol. The molecule has 1 aliphatic heterocycles. The van der Waals surface area contributed by atoms with Crippen molar-refractivity contribution >= 4 is 11.6 Å². The molecule has 1 aliphatic rings. The summed E-state index contributed by atoms with van der Waals surface area (Å²) in [4.78, 5) is 29.1. The van der Waals surface area contributed by atoms with Crippen LogP contribution in [0.3, 0.4) is 0 Å². The summed E-state index contributed by atoms with van der Waals surface area (Å²) in [5.74, 6) is 0.0960. The van der Waals surface area contributed by atoms with Crippen molar-refractivity contribution in [2.45, 2.75) is 26.3 Å². The molecule has 3 heterocycles. The van der Waals surface area contributed by atoms with E-state index in [0.717, 1.165) is 31.5 Å². The summed E-state index contributed by atoms with van der Waals surface area (Å²) in [5.41, 5.74) is 1.46. The van der Waals surface area contributed by atoms with E-state index in [4.69, 9.17) is 0 Å². The van der Waals surface area contributed by atoms with Crippen LogP contribution in [0.5, 0.6) is 0 Å². The fourth-order valence-electron chi connectivity index (χ4n) is 3.00. The molecule has 0 bridgehead atoms. The van der Waals surface area contributed by atoms with Crippen LogP contribution >= 0.6 is 0 Å². The van der Waals surface area contributed by atoms with Crippen molar-refractivity contribution in [1.82, 2.24) is 14.9 Å². The maximum Gasteiger partial charge on any atom is 0.263 e. The van der Waals surface area contributed by atoms with E-state index in [-0.39, 0.29) is 17.0 Å². The third-order valence-corrected chi connectivity index (χ3v) is 4.45. The van der Waals surface area contributed by atoms with Crippen molar-refractivity contribution in [2.75, 3.05) is 18.4 Å². The Kier molecular flexibility index (Phi) is 5.05. The number of aromatic nitrogens is 2. The van der Waals surface area contributed by atoms with E-state index < -0.39 is 0 Å². The lowest BCUT2D eigenvalue weighted by molar-refractivity contribution is 0.102. The number of hydrogen-bond donors (Lipinski definition) is 2. The molecule has 1 saturated heterocycles. The molecule has 6 nitrogen and oxygen atoms in total. The molecule has 0 radical (unpaired) electrons. The monoisotopic (exact) mass is 326 g/mol. The van der Waals surface area contributed by atoms with Gasteiger partial charge in [0.25, 0.3) is 11.5 Å². The number of pyridine rings is 2. The van der Waals surface area contributed by atoms with Gasteiger partial charge in [0.1, 0.15) is 5.56 Å². The van der Waals surface area contributed by atoms with Crippen molar-refractivity contribution in [1.29, 1.82) is 0 Å². The molecule has 3 rings (SSSR count). The van der Waals surface area contributed by atoms with Gasteiger partial charge in [-0.2, -0.15) is 0 Å². The Balaban J connectivity index is 1.78. The van der Waals surface area contributed by atoms with E-state index in [2.05, 4.69) is 15.6 Å². The molecule has 0 aliphatic carbocycles. The predicted octanol–water partition coefficient (Wildman–Crippen LogP) is 1.80. The molecule has 0 spiro atoms. The van der Waals surface area contributed by atoms with E-state index in [1.807, 2.05) is 6.92 Å². The zero-order chi connectivity index (χ0) is 16.9. The summed E-state index contributed by atoms with van der Waals surface area (Å²) < 4.78 is 1.66. The second-order valence-electron chi connectivity index (χ2n) is 6.22. The fourth-order valence-corrected chi connectivity index (χ4v) is 3.00. The molecule has 0 atom stereocenters. The fraction of sp³-hybridized carbons (Fsp3) is 0.389. The van der Waals surface area contributed by atoms with Gasteiger partial charge >= 0.3 is 0 Å². The number of nitrogens with zero attached hydrogens (tertiary/aromatic N) is 2. The van der Waals surface area contributed by atoms with E-state index in [1.165, 1.54) is 0 Å². The highest BCUT2D eigenvalue weighted by molar-refractivity contribution is 6.04. The summed E-state index contributed by atoms with van der Waals surface area (Å²) in [6.07, 6.45) is 7.16. The third-order valence-electron chi connectivity index (χ3n) is 4.45. The number of hydrogen-bond acceptors (Lipinski definition) is 4. The Morgan fingerprint density at radius 3 is 2.92 bits per heavy atom. The summed E-state index contributed by atoms with van der Waals surface area (Å²) in [6, 6.07) is 5.06. The minimum absolute atomic E-state index is 0.169. The van der Waals surface area contributed by atoms with Crippen LogP contribution in [0.1, 0.15) is 28.8 Å². The van der Waals surface area contributed by atoms with Gasteiger partial charge in [-0.1, -0.05) is 0 Å². The molecule has 24 heavy (non-hydrogen) atoms. The molecular formula is C18H22N4O2. The lowest BCUT2D eigenvalue weighted by atomic mass is 9.98. The standard InChI is InChI=1S/C18H22N4O2/c1-13-11-20-9-6-16(13)21-17(23)15-3-2-10-22(18(15)24)12-14-4-7-19-8-5-14/h2-3,6,9-11,14,19H,4-5,7-8,12H2,1H3,(H,20,21,23). The first-order valence-corrected chi connectivity index (χ1v) is 8.27. The Morgan fingerprint density at radius 2 is 2.17 bits per heavy atom. The quantitative estimate of drug-likeness (QED) is 0.898. The maximum atomic E-state index is 12.6. The number of aryl methyl sites for hydroxylation is 1. The predicted molar refractivity (Wildman–Crippen MR) is 93.2 cm³/mol. The van der Waals surface area contributed by atoms with Crippen molar-refractivity contribution in [2.24, 2.45) is 5.92 Å². The number of carbonyl (C=O) groups excluding carboxylic acids is 1. The first-order chi connectivity index (χ1) is 11.6. The summed E-state index contributed by atoms with van der Waals surface area (Å²) in [6.45, 7) is 4.50. The van der Waals surface area contributed by atoms with Crippen molar-refractivity contribution in [3.63, 3.8) is 0 Å². The molecule has 6 heteroatoms. The lowest BCUT2D eigenvalue weighted by Crippen LogP contribution is -2.34. The van der Waals surface area contributed by atoms with Crippen LogP contribution in [0, 0.1) is 12.8 Å². The van der Waals surface area contributed by atoms with Crippen molar-refractivity contribution in [3.05, 3.63) is 58.3 Å². The Morgan fingerprint density at radius 1 is 1.38 bits per heavy atom. The molecule has 1 amide bonds. The van der Waals surface area contributed by atoms with Crippen LogP contribution in [0.25, 0.3) is 0 Å². The molecule has 0 unspecified atom stereocenters. The van der Waals surface area contributed by atoms with Crippen LogP contribution in [-0.2, 0) is 6.54 Å². The number of amides is 1. The first kappa shape index (κ1) is 16.4. The van der Waals surface area contributed by atoms with Gasteiger partial charge in [0.05, 0.1) is 0 Å². The van der Waals surface area contributed by atoms with Gasteiger partial charge in [-0.25, -0.2) is 0 Å². The average Bonchev–Trinajstić information content (AvgIpc) is 2.59. The Bertz CT molecular complexity index is 779. The number of anilines is 1. The Labute approximate surface area is 140 Å². The van der Waals surface area contributed by atoms with Gasteiger partial charge in [0, 0.05) is 30.8 Å². The van der Waals surface area contributed by atoms with Gasteiger partial charge < -0.3 is 15.2 Å². The van der Waals surface area contributed by atoms with Crippen molar-refractivity contribution < 1.29 is 4.79 Å². The van der Waals surface area contributed by atoms with Gasteiger partial charge in [-0.3, -0.25) is 14.6 Å². The number of piperidine rings is 1. The van der Waals surface area contributed by atoms with E-state index in [1.54, 1.807) is 41.4 Å². The minimum atomic E-state index is -0.381. The van der Waals surface area contributed by atoms with Crippen molar-refractivity contribution in [3.8, 4) is 0 Å². The summed E-state index contributed by atoms with van der Waals surface area (Å²) in [7, 11) is 0. The molecule has 2 aromatic heterocycles. The van der Waals surface area contributed by atoms with Crippen LogP contribution in [0.2, 0.25) is 0 Å². The van der Waals surface area contributed by atoms with Gasteiger partial charge in [0.2, 0.25) is 0 Å². The minimum Gasteiger partial charge on any atom is -0.321 e. The highest BCUT2D eigenvalue weighted by Gasteiger charge is 2.17. The SMILES string of the molecule is Cc1cnccc1NC(=O)c1cccn(CC2CCNCC2)c1=O. The number of nitrogens with one attached hydrogen (secondary N) is 2. The summed E-state index contributed by atoms with van der Waals surface area (Å²) >= 11 is 0. The van der Waals surface area contributed by atoms with Crippen LogP contribution in [0.4, 0.5) is 5.69 Å². The van der Waals surface area contributed by atoms with Crippen LogP contribution in [0.15, 0.2) is 41.6 Å². The molecule has 0 aromatic carbocycles. The second kappa shape index (κ2) is 7.40. The largest absolute Gasteiger partial charge is 0.321 e. The smallest absolute Gasteiger partial charge is 0.263 e. The Hall–Kier alpha value is -2.47. The van der Waals surface area contributed by atoms with E-state index >= 15 is 0 Å². The molecular weight excluding hydrogens is 304 g/mol. The van der Waals surface area contributed by atoms with Gasteiger partial charge in [-0.05, 0) is 62.5 Å². The topological polar surface area (TPSA) is 76.0 Å². The highest BCUT2D eigenvalue weighted by atomic mass is 16.2. The molecule has 2 aromatic rings. The molecule has 1 fully saturated rings. The van der Waals surface area contributed by atoms with Gasteiger partial charge in [0.15, 0.2) is 0 Å². The number of carbonyl (C=O) groups is 1. The van der Waals surface area contributed by atoms with Crippen LogP contribution < -0.4 is 16.2 Å². The normalized spacial score (nSPS) is 15.2. The highest BCUT2D eigenvalue weighted by Crippen LogP contribution is 2.14. The first-order valence-electron chi connectivity index (χ1n) is 8.27. The zero-order valence-corrected chi connectivity index (χ0v) is 13.8. The molecule has 0 saturated carbocycles. The molecule has 2 N–H and O–H groups in total. The maximum absolute atomic E-state index is 12.6. The van der Waals surface area contributed by atoms with Crippen LogP contribution in [-0.4, -0.2) is 28.5 Å². The third kappa shape index (κ3) is 3.71. The zero-order valence-electron chi connectivity index (χ0n) is 13.8. The van der Waals surface area contributed by atoms with E-state index in [0.29, 0.717) is 18.2 Å². The molecule has 126 valence electrons. The van der Waals surface area contributed by atoms with E-state index in [9.17, 15) is 9.59 Å². The number of rotatable bonds is 4. The lowest BCUT2D eigenvalue weighted by Gasteiger charge is -2.23. The summed E-state index contributed by atoms with van der Waals surface area (Å²) in [5, 5.41) is 6.12.